The summed E-state index contributed by atoms with van der Waals surface area (Å²) in [5.41, 5.74) is 0.191. The van der Waals surface area contributed by atoms with E-state index in [1.165, 1.54) is 26.0 Å². The van der Waals surface area contributed by atoms with Gasteiger partial charge in [-0.3, -0.25) is 13.9 Å². The average molecular weight is 616 g/mol. The molecule has 1 amide bonds. The van der Waals surface area contributed by atoms with Crippen LogP contribution in [0.1, 0.15) is 12.5 Å². The molecule has 0 aliphatic carbocycles. The SMILES string of the molecule is CC1=NN(c2ccc(S(=O)(=O)O)cc2)C(=O)[C@H]1N=Nc1cc(S(=O)(=O)O)cc(Nc2nc(F)nc(F)c2Cl)c1C. The van der Waals surface area contributed by atoms with Gasteiger partial charge < -0.3 is 5.32 Å². The fraction of sp³-hybridized carbons (Fsp3) is 0.143. The largest absolute Gasteiger partial charge is 0.338 e. The van der Waals surface area contributed by atoms with Gasteiger partial charge in [0.25, 0.3) is 26.1 Å². The minimum Gasteiger partial charge on any atom is -0.338 e. The van der Waals surface area contributed by atoms with Crippen LogP contribution in [0.15, 0.2) is 61.5 Å². The van der Waals surface area contributed by atoms with Gasteiger partial charge in [-0.1, -0.05) is 11.6 Å². The lowest BCUT2D eigenvalue weighted by molar-refractivity contribution is -0.117. The minimum atomic E-state index is -4.82. The molecule has 0 bridgehead atoms. The quantitative estimate of drug-likeness (QED) is 0.152. The molecule has 2 aromatic carbocycles. The van der Waals surface area contributed by atoms with Gasteiger partial charge in [0.1, 0.15) is 5.02 Å². The predicted octanol–water partition coefficient (Wildman–Crippen LogP) is 3.83. The summed E-state index contributed by atoms with van der Waals surface area (Å²) in [6.07, 6.45) is -1.46. The Kier molecular flexibility index (Phi) is 7.65. The molecule has 1 aliphatic heterocycles. The van der Waals surface area contributed by atoms with Crippen molar-refractivity contribution in [2.45, 2.75) is 29.7 Å². The maximum Gasteiger partial charge on any atom is 0.313 e. The molecule has 3 aromatic rings. The first-order valence-electron chi connectivity index (χ1n) is 10.7. The number of hydrogen-bond donors (Lipinski definition) is 3. The third-order valence-electron chi connectivity index (χ3n) is 5.44. The number of nitrogens with one attached hydrogen (secondary N) is 1. The van der Waals surface area contributed by atoms with Crippen LogP contribution in [0.5, 0.6) is 0 Å². The molecule has 40 heavy (non-hydrogen) atoms. The third-order valence-corrected chi connectivity index (χ3v) is 7.48. The molecular formula is C21H16ClF2N7O7S2. The predicted molar refractivity (Wildman–Crippen MR) is 136 cm³/mol. The number of rotatable bonds is 7. The highest BCUT2D eigenvalue weighted by molar-refractivity contribution is 7.86. The van der Waals surface area contributed by atoms with Gasteiger partial charge in [-0.2, -0.15) is 55.9 Å². The molecule has 2 heterocycles. The van der Waals surface area contributed by atoms with Gasteiger partial charge in [0.2, 0.25) is 5.95 Å². The monoisotopic (exact) mass is 615 g/mol. The highest BCUT2D eigenvalue weighted by Gasteiger charge is 2.35. The summed E-state index contributed by atoms with van der Waals surface area (Å²) in [6.45, 7) is 2.88. The van der Waals surface area contributed by atoms with Gasteiger partial charge in [0.15, 0.2) is 11.9 Å². The van der Waals surface area contributed by atoms with E-state index >= 15 is 0 Å². The molecule has 0 saturated heterocycles. The zero-order valence-electron chi connectivity index (χ0n) is 20.1. The van der Waals surface area contributed by atoms with Crippen LogP contribution in [0.3, 0.4) is 0 Å². The van der Waals surface area contributed by atoms with Crippen molar-refractivity contribution in [2.24, 2.45) is 15.3 Å². The number of hydrazone groups is 1. The molecule has 3 N–H and O–H groups in total. The molecule has 1 atom stereocenters. The van der Waals surface area contributed by atoms with Gasteiger partial charge in [-0.15, -0.1) is 0 Å². The van der Waals surface area contributed by atoms with E-state index < -0.39 is 64.8 Å². The van der Waals surface area contributed by atoms with Crippen molar-refractivity contribution in [2.75, 3.05) is 10.3 Å². The fourth-order valence-electron chi connectivity index (χ4n) is 3.41. The molecule has 0 fully saturated rings. The Labute approximate surface area is 229 Å². The number of hydrogen-bond acceptors (Lipinski definition) is 11. The smallest absolute Gasteiger partial charge is 0.313 e. The van der Waals surface area contributed by atoms with Crippen molar-refractivity contribution >= 4 is 66.3 Å². The Bertz CT molecular complexity index is 1820. The van der Waals surface area contributed by atoms with Crippen molar-refractivity contribution in [3.63, 3.8) is 0 Å². The van der Waals surface area contributed by atoms with Crippen molar-refractivity contribution in [3.8, 4) is 0 Å². The minimum absolute atomic E-state index is 0.132. The molecule has 1 aliphatic rings. The number of carbonyl (C=O) groups is 1. The summed E-state index contributed by atoms with van der Waals surface area (Å²) in [5.74, 6) is -2.62. The first-order valence-corrected chi connectivity index (χ1v) is 14.0. The number of anilines is 3. The second-order valence-corrected chi connectivity index (χ2v) is 11.4. The number of aromatic nitrogens is 2. The van der Waals surface area contributed by atoms with Gasteiger partial charge in [-0.05, 0) is 50.2 Å². The van der Waals surface area contributed by atoms with Crippen LogP contribution in [0.2, 0.25) is 5.02 Å². The van der Waals surface area contributed by atoms with Crippen LogP contribution in [0.4, 0.5) is 31.7 Å². The van der Waals surface area contributed by atoms with Crippen molar-refractivity contribution in [3.05, 3.63) is 59.0 Å². The van der Waals surface area contributed by atoms with Crippen LogP contribution in [0.25, 0.3) is 0 Å². The van der Waals surface area contributed by atoms with Crippen molar-refractivity contribution in [1.29, 1.82) is 0 Å². The van der Waals surface area contributed by atoms with Crippen molar-refractivity contribution in [1.82, 2.24) is 9.97 Å². The summed E-state index contributed by atoms with van der Waals surface area (Å²) < 4.78 is 92.3. The lowest BCUT2D eigenvalue weighted by Gasteiger charge is -2.14. The first-order chi connectivity index (χ1) is 18.6. The van der Waals surface area contributed by atoms with E-state index in [2.05, 4.69) is 30.6 Å². The molecule has 14 nitrogen and oxygen atoms in total. The second kappa shape index (κ2) is 10.5. The summed E-state index contributed by atoms with van der Waals surface area (Å²) >= 11 is 5.78. The summed E-state index contributed by atoms with van der Waals surface area (Å²) in [5, 5.41) is 14.7. The maximum absolute atomic E-state index is 13.8. The van der Waals surface area contributed by atoms with Gasteiger partial charge in [0.05, 0.1) is 26.9 Å². The molecule has 0 radical (unpaired) electrons. The van der Waals surface area contributed by atoms with E-state index in [1.807, 2.05) is 0 Å². The maximum atomic E-state index is 13.8. The summed E-state index contributed by atoms with van der Waals surface area (Å²) in [4.78, 5) is 18.1. The Morgan fingerprint density at radius 2 is 1.62 bits per heavy atom. The van der Waals surface area contributed by atoms with E-state index in [4.69, 9.17) is 16.2 Å². The van der Waals surface area contributed by atoms with Crippen LogP contribution < -0.4 is 10.3 Å². The molecule has 0 unspecified atom stereocenters. The topological polar surface area (TPSA) is 204 Å². The van der Waals surface area contributed by atoms with Crippen LogP contribution in [-0.2, 0) is 25.0 Å². The van der Waals surface area contributed by atoms with Crippen LogP contribution in [0, 0.1) is 18.9 Å². The highest BCUT2D eigenvalue weighted by atomic mass is 35.5. The van der Waals surface area contributed by atoms with Crippen molar-refractivity contribution < 1.29 is 39.5 Å². The number of azo groups is 1. The average Bonchev–Trinajstić information content (AvgIpc) is 3.14. The number of halogens is 3. The zero-order valence-corrected chi connectivity index (χ0v) is 22.5. The van der Waals surface area contributed by atoms with E-state index in [9.17, 15) is 35.0 Å². The standard InChI is InChI=1S/C21H16ClF2N7O7S2/c1-9-14(25-19-16(22)18(23)26-21(24)27-19)7-13(40(36,37)38)8-15(9)28-29-17-10(2)30-31(20(17)32)11-3-5-12(6-4-11)39(33,34)35/h3-8,17H,1-2H3,(H,25,26,27)(H,33,34,35)(H,36,37,38)/t17-/m0/s1. The third kappa shape index (κ3) is 5.94. The lowest BCUT2D eigenvalue weighted by Crippen LogP contribution is -2.29. The molecule has 0 spiro atoms. The van der Waals surface area contributed by atoms with Crippen LogP contribution in [-0.4, -0.2) is 53.6 Å². The second-order valence-electron chi connectivity index (χ2n) is 8.14. The van der Waals surface area contributed by atoms with E-state index in [0.717, 1.165) is 29.3 Å². The van der Waals surface area contributed by atoms with E-state index in [0.29, 0.717) is 0 Å². The molecule has 210 valence electrons. The first kappa shape index (κ1) is 29.0. The number of carbonyl (C=O) groups excluding carboxylic acids is 1. The van der Waals surface area contributed by atoms with E-state index in [1.54, 1.807) is 0 Å². The number of nitrogens with zero attached hydrogens (tertiary/aromatic N) is 6. The molecule has 0 saturated carbocycles. The van der Waals surface area contributed by atoms with Crippen LogP contribution >= 0.6 is 11.6 Å². The highest BCUT2D eigenvalue weighted by Crippen LogP contribution is 2.35. The van der Waals surface area contributed by atoms with E-state index in [-0.39, 0.29) is 28.3 Å². The number of benzene rings is 2. The Balaban J connectivity index is 1.68. The fourth-order valence-corrected chi connectivity index (χ4v) is 4.55. The number of amides is 1. The Morgan fingerprint density at radius 1 is 1.00 bits per heavy atom. The van der Waals surface area contributed by atoms with Gasteiger partial charge in [0, 0.05) is 11.3 Å². The molecule has 1 aromatic heterocycles. The van der Waals surface area contributed by atoms with Gasteiger partial charge in [-0.25, -0.2) is 0 Å². The lowest BCUT2D eigenvalue weighted by atomic mass is 10.1. The molecular weight excluding hydrogens is 600 g/mol. The Hall–Kier alpha value is -3.97. The summed E-state index contributed by atoms with van der Waals surface area (Å²) in [7, 11) is -9.27. The normalized spacial score (nSPS) is 16.1. The Morgan fingerprint density at radius 3 is 2.23 bits per heavy atom. The van der Waals surface area contributed by atoms with Gasteiger partial charge >= 0.3 is 6.08 Å². The molecule has 19 heteroatoms. The molecule has 4 rings (SSSR count). The summed E-state index contributed by atoms with van der Waals surface area (Å²) in [6, 6.07) is 5.21. The zero-order chi connectivity index (χ0) is 29.6.